The van der Waals surface area contributed by atoms with Gasteiger partial charge in [0.1, 0.15) is 12.7 Å². The third kappa shape index (κ3) is 19.6. The Bertz CT molecular complexity index is 135. The molecule has 0 heterocycles. The highest BCUT2D eigenvalue weighted by Gasteiger charge is 1.94. The van der Waals surface area contributed by atoms with E-state index >= 15 is 0 Å². The first kappa shape index (κ1) is 16.7. The summed E-state index contributed by atoms with van der Waals surface area (Å²) in [4.78, 5) is 9.84. The van der Waals surface area contributed by atoms with Gasteiger partial charge in [-0.05, 0) is 6.42 Å². The first-order valence-electron chi connectivity index (χ1n) is 4.77. The summed E-state index contributed by atoms with van der Waals surface area (Å²) in [5, 5.41) is 32.1. The van der Waals surface area contributed by atoms with Crippen molar-refractivity contribution in [3.8, 4) is 0 Å². The van der Waals surface area contributed by atoms with Crippen molar-refractivity contribution in [3.05, 3.63) is 0 Å². The lowest BCUT2D eigenvalue weighted by atomic mass is 10.4. The molecule has 4 N–H and O–H groups in total. The molecule has 0 rings (SSSR count). The molecule has 0 aromatic rings. The van der Waals surface area contributed by atoms with Crippen molar-refractivity contribution in [2.75, 3.05) is 26.4 Å². The van der Waals surface area contributed by atoms with Crippen molar-refractivity contribution in [2.45, 2.75) is 25.9 Å². The fraction of sp³-hybridized carbons (Fsp3) is 0.889. The zero-order chi connectivity index (χ0) is 12.1. The Labute approximate surface area is 89.1 Å². The van der Waals surface area contributed by atoms with Crippen LogP contribution in [0, 0.1) is 0 Å². The van der Waals surface area contributed by atoms with E-state index in [0.717, 1.165) is 12.8 Å². The van der Waals surface area contributed by atoms with Crippen LogP contribution >= 0.6 is 0 Å². The highest BCUT2D eigenvalue weighted by atomic mass is 16.5. The van der Waals surface area contributed by atoms with Crippen LogP contribution in [0.4, 0.5) is 0 Å². The van der Waals surface area contributed by atoms with Gasteiger partial charge >= 0.3 is 5.97 Å². The number of carbonyl (C=O) groups is 1. The van der Waals surface area contributed by atoms with Crippen LogP contribution in [0.15, 0.2) is 0 Å². The van der Waals surface area contributed by atoms with Gasteiger partial charge in [0.05, 0.1) is 13.2 Å². The molecular formula is C9H20O6. The van der Waals surface area contributed by atoms with Gasteiger partial charge in [-0.15, -0.1) is 0 Å². The molecule has 0 atom stereocenters. The lowest BCUT2D eigenvalue weighted by Crippen LogP contribution is -2.15. The minimum atomic E-state index is -0.954. The molecule has 0 aromatic carbocycles. The summed E-state index contributed by atoms with van der Waals surface area (Å²) >= 11 is 0. The van der Waals surface area contributed by atoms with Crippen LogP contribution in [0.2, 0.25) is 0 Å². The summed E-state index contributed by atoms with van der Waals surface area (Å²) in [6.07, 6.45) is 1.03. The number of ether oxygens (including phenoxy) is 1. The Morgan fingerprint density at radius 1 is 1.33 bits per heavy atom. The average molecular weight is 224 g/mol. The molecule has 0 fully saturated rings. The first-order valence-corrected chi connectivity index (χ1v) is 4.77. The zero-order valence-corrected chi connectivity index (χ0v) is 8.93. The van der Waals surface area contributed by atoms with E-state index in [2.05, 4.69) is 0 Å². The first-order chi connectivity index (χ1) is 7.08. The second-order valence-corrected chi connectivity index (χ2v) is 2.82. The molecule has 0 aliphatic carbocycles. The Morgan fingerprint density at radius 2 is 1.87 bits per heavy atom. The predicted octanol–water partition coefficient (Wildman–Crippen LogP) is -0.780. The van der Waals surface area contributed by atoms with Gasteiger partial charge in [0.2, 0.25) is 0 Å². The highest BCUT2D eigenvalue weighted by Crippen LogP contribution is 1.86. The van der Waals surface area contributed by atoms with E-state index in [-0.39, 0.29) is 19.8 Å². The van der Waals surface area contributed by atoms with Crippen LogP contribution in [-0.4, -0.2) is 58.9 Å². The molecule has 0 aliphatic rings. The van der Waals surface area contributed by atoms with Crippen LogP contribution in [0.1, 0.15) is 19.8 Å². The van der Waals surface area contributed by atoms with Gasteiger partial charge in [0, 0.05) is 6.61 Å². The van der Waals surface area contributed by atoms with E-state index in [1.165, 1.54) is 0 Å². The van der Waals surface area contributed by atoms with Crippen molar-refractivity contribution in [3.63, 3.8) is 0 Å². The molecule has 0 radical (unpaired) electrons. The highest BCUT2D eigenvalue weighted by molar-refractivity contribution is 5.67. The largest absolute Gasteiger partial charge is 0.480 e. The van der Waals surface area contributed by atoms with Crippen molar-refractivity contribution >= 4 is 5.97 Å². The van der Waals surface area contributed by atoms with Gasteiger partial charge in [-0.25, -0.2) is 4.79 Å². The molecule has 0 spiro atoms. The summed E-state index contributed by atoms with van der Waals surface area (Å²) in [7, 11) is 0. The minimum absolute atomic E-state index is 0.167. The molecule has 0 aromatic heterocycles. The fourth-order valence-corrected chi connectivity index (χ4v) is 0.464. The lowest BCUT2D eigenvalue weighted by Gasteiger charge is -1.96. The van der Waals surface area contributed by atoms with Gasteiger partial charge in [-0.3, -0.25) is 0 Å². The van der Waals surface area contributed by atoms with E-state index in [4.69, 9.17) is 25.2 Å². The minimum Gasteiger partial charge on any atom is -0.480 e. The number of aliphatic hydroxyl groups excluding tert-OH is 3. The zero-order valence-electron chi connectivity index (χ0n) is 8.93. The van der Waals surface area contributed by atoms with E-state index in [1.54, 1.807) is 0 Å². The predicted molar refractivity (Wildman–Crippen MR) is 53.5 cm³/mol. The van der Waals surface area contributed by atoms with Crippen LogP contribution in [0.25, 0.3) is 0 Å². The molecule has 0 unspecified atom stereocenters. The van der Waals surface area contributed by atoms with Gasteiger partial charge < -0.3 is 25.2 Å². The van der Waals surface area contributed by atoms with E-state index in [0.29, 0.717) is 6.61 Å². The second-order valence-electron chi connectivity index (χ2n) is 2.82. The summed E-state index contributed by atoms with van der Waals surface area (Å²) in [6, 6.07) is 0. The second kappa shape index (κ2) is 13.3. The maximum Gasteiger partial charge on any atom is 0.329 e. The molecule has 0 aliphatic heterocycles. The van der Waals surface area contributed by atoms with Crippen molar-refractivity contribution in [1.82, 2.24) is 0 Å². The number of hydrogen-bond acceptors (Lipinski definition) is 5. The van der Waals surface area contributed by atoms with Crippen LogP contribution in [-0.2, 0) is 9.53 Å². The number of aliphatic hydroxyl groups is 3. The van der Waals surface area contributed by atoms with E-state index in [1.807, 2.05) is 6.92 Å². The summed E-state index contributed by atoms with van der Waals surface area (Å²) < 4.78 is 4.74. The smallest absolute Gasteiger partial charge is 0.329 e. The number of unbranched alkanes of at least 4 members (excludes halogenated alkanes) is 1. The SMILES string of the molecule is CCCCOCC(=O)O.OCC(O)CO. The van der Waals surface area contributed by atoms with E-state index < -0.39 is 12.1 Å². The van der Waals surface area contributed by atoms with Crippen molar-refractivity contribution in [2.24, 2.45) is 0 Å². The number of carboxylic acid groups (broad SMARTS) is 1. The maximum atomic E-state index is 9.84. The molecule has 0 bridgehead atoms. The number of hydrogen-bond donors (Lipinski definition) is 4. The van der Waals surface area contributed by atoms with Crippen LogP contribution in [0.5, 0.6) is 0 Å². The Morgan fingerprint density at radius 3 is 2.13 bits per heavy atom. The molecule has 0 saturated carbocycles. The summed E-state index contributed by atoms with van der Waals surface area (Å²) in [5.74, 6) is -0.897. The topological polar surface area (TPSA) is 107 Å². The molecule has 0 saturated heterocycles. The van der Waals surface area contributed by atoms with Crippen LogP contribution in [0.3, 0.4) is 0 Å². The third-order valence-electron chi connectivity index (χ3n) is 1.29. The molecule has 92 valence electrons. The number of aliphatic carboxylic acids is 1. The molecular weight excluding hydrogens is 204 g/mol. The summed E-state index contributed by atoms with van der Waals surface area (Å²) in [5.41, 5.74) is 0. The molecule has 6 heteroatoms. The summed E-state index contributed by atoms with van der Waals surface area (Å²) in [6.45, 7) is 1.69. The number of carboxylic acids is 1. The van der Waals surface area contributed by atoms with Crippen molar-refractivity contribution in [1.29, 1.82) is 0 Å². The Hall–Kier alpha value is -0.690. The lowest BCUT2D eigenvalue weighted by molar-refractivity contribution is -0.142. The third-order valence-corrected chi connectivity index (χ3v) is 1.29. The quantitative estimate of drug-likeness (QED) is 0.423. The fourth-order valence-electron chi connectivity index (χ4n) is 0.464. The van der Waals surface area contributed by atoms with Crippen molar-refractivity contribution < 1.29 is 30.0 Å². The monoisotopic (exact) mass is 224 g/mol. The standard InChI is InChI=1S/C6H12O3.C3H8O3/c1-2-3-4-9-5-6(7)8;4-1-3(6)2-5/h2-5H2,1H3,(H,7,8);3-6H,1-2H2. The van der Waals surface area contributed by atoms with Crippen LogP contribution < -0.4 is 0 Å². The Kier molecular flexibility index (Phi) is 14.8. The molecule has 15 heavy (non-hydrogen) atoms. The molecule has 6 nitrogen and oxygen atoms in total. The average Bonchev–Trinajstić information content (AvgIpc) is 2.24. The Balaban J connectivity index is 0. The van der Waals surface area contributed by atoms with Gasteiger partial charge in [0.25, 0.3) is 0 Å². The number of rotatable bonds is 7. The van der Waals surface area contributed by atoms with Gasteiger partial charge in [0.15, 0.2) is 0 Å². The van der Waals surface area contributed by atoms with E-state index in [9.17, 15) is 4.79 Å². The van der Waals surface area contributed by atoms with Gasteiger partial charge in [-0.2, -0.15) is 0 Å². The maximum absolute atomic E-state index is 9.84. The normalized spacial score (nSPS) is 9.67. The molecule has 0 amide bonds. The van der Waals surface area contributed by atoms with Gasteiger partial charge in [-0.1, -0.05) is 13.3 Å².